The first-order valence-electron chi connectivity index (χ1n) is 23.8. The Labute approximate surface area is 425 Å². The van der Waals surface area contributed by atoms with Crippen molar-refractivity contribution in [2.75, 3.05) is 12.3 Å². The Balaban J connectivity index is 2.35. The number of aliphatic hydroxyl groups is 1. The number of carbonyl (C=O) groups is 10. The van der Waals surface area contributed by atoms with E-state index >= 15 is 0 Å². The molecule has 0 radical (unpaired) electrons. The summed E-state index contributed by atoms with van der Waals surface area (Å²) in [7, 11) is 0. The van der Waals surface area contributed by atoms with E-state index < -0.39 is 133 Å². The van der Waals surface area contributed by atoms with Gasteiger partial charge in [0, 0.05) is 25.0 Å². The maximum atomic E-state index is 14.2. The summed E-state index contributed by atoms with van der Waals surface area (Å²) >= 11 is 3.98. The van der Waals surface area contributed by atoms with Crippen LogP contribution >= 0.6 is 12.6 Å². The van der Waals surface area contributed by atoms with Gasteiger partial charge in [0.25, 0.3) is 0 Å². The number of carbonyl (C=O) groups excluding carboxylic acids is 8. The number of carboxylic acids is 2. The topological polar surface area (TPSA) is 354 Å². The van der Waals surface area contributed by atoms with Crippen LogP contribution in [0, 0.1) is 17.8 Å². The zero-order chi connectivity index (χ0) is 54.2. The van der Waals surface area contributed by atoms with Crippen LogP contribution in [0.5, 0.6) is 0 Å². The summed E-state index contributed by atoms with van der Waals surface area (Å²) in [5.74, 6) is -10.3. The van der Waals surface area contributed by atoms with Gasteiger partial charge in [-0.1, -0.05) is 102 Å². The summed E-state index contributed by atoms with van der Waals surface area (Å²) in [4.78, 5) is 132. The number of aliphatic hydroxyl groups excluding tert-OH is 1. The van der Waals surface area contributed by atoms with Gasteiger partial charge in [0.05, 0.1) is 18.7 Å². The van der Waals surface area contributed by atoms with Crippen molar-refractivity contribution in [2.45, 2.75) is 141 Å². The van der Waals surface area contributed by atoms with Gasteiger partial charge in [0.15, 0.2) is 0 Å². The molecule has 8 amide bonds. The minimum atomic E-state index is -1.63. The van der Waals surface area contributed by atoms with E-state index in [1.54, 1.807) is 102 Å². The van der Waals surface area contributed by atoms with Gasteiger partial charge in [-0.2, -0.15) is 12.6 Å². The fourth-order valence-corrected chi connectivity index (χ4v) is 7.36. The van der Waals surface area contributed by atoms with Crippen LogP contribution in [0.3, 0.4) is 0 Å². The van der Waals surface area contributed by atoms with Crippen LogP contribution in [0.4, 0.5) is 0 Å². The van der Waals surface area contributed by atoms with E-state index in [1.807, 2.05) is 0 Å². The largest absolute Gasteiger partial charge is 0.481 e. The van der Waals surface area contributed by atoms with E-state index in [0.717, 1.165) is 0 Å². The molecule has 0 aliphatic heterocycles. The van der Waals surface area contributed by atoms with Gasteiger partial charge in [0.1, 0.15) is 42.3 Å². The number of hydrogen-bond donors (Lipinski definition) is 13. The Hall–Kier alpha value is -6.59. The lowest BCUT2D eigenvalue weighted by atomic mass is 9.99. The molecular formula is C49H73N9O13S. The monoisotopic (exact) mass is 1030 g/mol. The molecule has 0 heterocycles. The van der Waals surface area contributed by atoms with Crippen LogP contribution in [-0.4, -0.2) is 141 Å². The van der Waals surface area contributed by atoms with Crippen molar-refractivity contribution in [3.05, 3.63) is 71.8 Å². The first-order valence-corrected chi connectivity index (χ1v) is 24.4. The number of aliphatic carboxylic acids is 2. The normalized spacial score (nSPS) is 15.0. The highest BCUT2D eigenvalue weighted by Crippen LogP contribution is 2.12. The van der Waals surface area contributed by atoms with Crippen molar-refractivity contribution in [3.8, 4) is 0 Å². The smallest absolute Gasteiger partial charge is 0.326 e. The van der Waals surface area contributed by atoms with Gasteiger partial charge in [-0.25, -0.2) is 4.79 Å². The highest BCUT2D eigenvalue weighted by molar-refractivity contribution is 7.80. The molecule has 398 valence electrons. The van der Waals surface area contributed by atoms with Gasteiger partial charge in [-0.15, -0.1) is 0 Å². The fourth-order valence-electron chi connectivity index (χ4n) is 7.19. The minimum Gasteiger partial charge on any atom is -0.481 e. The van der Waals surface area contributed by atoms with Crippen molar-refractivity contribution in [2.24, 2.45) is 23.5 Å². The third kappa shape index (κ3) is 22.2. The molecule has 2 rings (SSSR count). The third-order valence-electron chi connectivity index (χ3n) is 11.1. The number of amides is 8. The lowest BCUT2D eigenvalue weighted by Gasteiger charge is -2.29. The molecule has 0 aliphatic carbocycles. The average molecular weight is 1030 g/mol. The van der Waals surface area contributed by atoms with Crippen molar-refractivity contribution in [1.29, 1.82) is 0 Å². The Morgan fingerprint density at radius 3 is 1.42 bits per heavy atom. The zero-order valence-electron chi connectivity index (χ0n) is 41.8. The quantitative estimate of drug-likeness (QED) is 0.0417. The maximum absolute atomic E-state index is 14.2. The molecule has 2 aromatic rings. The molecule has 22 nitrogen and oxygen atoms in total. The Bertz CT molecular complexity index is 2150. The van der Waals surface area contributed by atoms with Crippen LogP contribution in [-0.2, 0) is 60.8 Å². The van der Waals surface area contributed by atoms with E-state index in [-0.39, 0.29) is 49.7 Å². The first-order chi connectivity index (χ1) is 33.8. The van der Waals surface area contributed by atoms with E-state index in [4.69, 9.17) is 5.73 Å². The number of nitrogens with two attached hydrogens (primary N) is 1. The first kappa shape index (κ1) is 61.5. The van der Waals surface area contributed by atoms with E-state index in [2.05, 4.69) is 55.2 Å². The molecule has 0 spiro atoms. The zero-order valence-corrected chi connectivity index (χ0v) is 42.7. The van der Waals surface area contributed by atoms with Crippen LogP contribution < -0.4 is 48.3 Å². The molecule has 9 atom stereocenters. The van der Waals surface area contributed by atoms with E-state index in [1.165, 1.54) is 6.92 Å². The second-order valence-electron chi connectivity index (χ2n) is 18.7. The van der Waals surface area contributed by atoms with Crippen molar-refractivity contribution in [1.82, 2.24) is 42.5 Å². The second kappa shape index (κ2) is 31.0. The summed E-state index contributed by atoms with van der Waals surface area (Å²) in [5.41, 5.74) is 6.94. The minimum absolute atomic E-state index is 0.0628. The summed E-state index contributed by atoms with van der Waals surface area (Å²) in [6.07, 6.45) is -2.35. The van der Waals surface area contributed by atoms with Crippen molar-refractivity contribution < 1.29 is 63.3 Å². The van der Waals surface area contributed by atoms with Crippen LogP contribution in [0.25, 0.3) is 0 Å². The lowest BCUT2D eigenvalue weighted by Crippen LogP contribution is -2.62. The Kier molecular flexibility index (Phi) is 26.5. The molecule has 0 fully saturated rings. The van der Waals surface area contributed by atoms with Crippen molar-refractivity contribution >= 4 is 71.8 Å². The van der Waals surface area contributed by atoms with Crippen LogP contribution in [0.1, 0.15) is 85.3 Å². The fraction of sp³-hybridized carbons (Fsp3) is 0.551. The molecule has 23 heteroatoms. The second-order valence-corrected chi connectivity index (χ2v) is 19.1. The number of nitrogens with one attached hydrogen (secondary N) is 8. The molecule has 72 heavy (non-hydrogen) atoms. The molecule has 0 aromatic heterocycles. The molecule has 0 bridgehead atoms. The number of rotatable bonds is 31. The number of hydrogen-bond acceptors (Lipinski definition) is 13. The van der Waals surface area contributed by atoms with Gasteiger partial charge < -0.3 is 63.6 Å². The highest BCUT2D eigenvalue weighted by atomic mass is 32.1. The van der Waals surface area contributed by atoms with Gasteiger partial charge in [-0.3, -0.25) is 43.2 Å². The molecular weight excluding hydrogens is 955 g/mol. The average Bonchev–Trinajstić information content (AvgIpc) is 3.31. The predicted octanol–water partition coefficient (Wildman–Crippen LogP) is -0.683. The molecule has 13 N–H and O–H groups in total. The predicted molar refractivity (Wildman–Crippen MR) is 269 cm³/mol. The van der Waals surface area contributed by atoms with Gasteiger partial charge in [-0.05, 0) is 55.1 Å². The molecule has 0 saturated carbocycles. The molecule has 0 unspecified atom stereocenters. The maximum Gasteiger partial charge on any atom is 0.326 e. The van der Waals surface area contributed by atoms with E-state index in [0.29, 0.717) is 11.1 Å². The third-order valence-corrected chi connectivity index (χ3v) is 11.5. The summed E-state index contributed by atoms with van der Waals surface area (Å²) < 4.78 is 0. The van der Waals surface area contributed by atoms with Gasteiger partial charge >= 0.3 is 11.9 Å². The number of carboxylic acid groups (broad SMARTS) is 2. The number of benzene rings is 2. The summed E-state index contributed by atoms with van der Waals surface area (Å²) in [5, 5.41) is 49.7. The Morgan fingerprint density at radius 1 is 0.528 bits per heavy atom. The standard InChI is InChI=1S/C49H73N9O13S/c1-26(2)20-34(54-44(65)33(18-19-39(61)62)53-42(63)32(50)25-72)43(64)51-24-38(60)52-35(22-30-14-10-8-11-15-30)45(66)57-40(28(5)6)47(68)55-36(23-31-16-12-9-13-17-31)46(67)58-41(29(7)59)48(69)56-37(49(70)71)21-27(3)4/h8-17,26-29,32-37,40-41,59,72H,18-25,50H2,1-7H3,(H,51,64)(H,52,60)(H,53,63)(H,54,65)(H,55,68)(H,56,69)(H,57,66)(H,58,67)(H,61,62)(H,70,71)/t29-,32+,33+,34+,35+,36+,37+,40+,41+/m1/s1. The van der Waals surface area contributed by atoms with E-state index in [9.17, 15) is 63.3 Å². The highest BCUT2D eigenvalue weighted by Gasteiger charge is 2.36. The molecule has 0 aliphatic rings. The summed E-state index contributed by atoms with van der Waals surface area (Å²) in [6, 6.07) is 6.42. The molecule has 2 aromatic carbocycles. The summed E-state index contributed by atoms with van der Waals surface area (Å²) in [6.45, 7) is 10.9. The van der Waals surface area contributed by atoms with Gasteiger partial charge in [0.2, 0.25) is 47.3 Å². The number of thiol groups is 1. The molecule has 0 saturated heterocycles. The SMILES string of the molecule is CC(C)C[C@H](NC(=O)[C@@H](NC(=O)[C@H](Cc1ccccc1)NC(=O)[C@@H](NC(=O)[C@H](Cc1ccccc1)NC(=O)CNC(=O)[C@H](CC(C)C)NC(=O)[C@H](CCC(=O)O)NC(=O)[C@@H](N)CS)C(C)C)[C@@H](C)O)C(=O)O. The van der Waals surface area contributed by atoms with Crippen molar-refractivity contribution in [3.63, 3.8) is 0 Å². The van der Waals surface area contributed by atoms with Crippen LogP contribution in [0.15, 0.2) is 60.7 Å². The lowest BCUT2D eigenvalue weighted by molar-refractivity contribution is -0.143. The van der Waals surface area contributed by atoms with Crippen LogP contribution in [0.2, 0.25) is 0 Å². The Morgan fingerprint density at radius 2 is 0.958 bits per heavy atom.